The fourth-order valence-electron chi connectivity index (χ4n) is 2.79. The van der Waals surface area contributed by atoms with E-state index >= 15 is 0 Å². The molecule has 1 saturated heterocycles. The summed E-state index contributed by atoms with van der Waals surface area (Å²) in [6.07, 6.45) is 7.39. The molecule has 4 heteroatoms. The third-order valence-electron chi connectivity index (χ3n) is 4.19. The molecule has 19 heavy (non-hydrogen) atoms. The van der Waals surface area contributed by atoms with Gasteiger partial charge in [-0.1, -0.05) is 13.0 Å². The largest absolute Gasteiger partial charge is 0.396 e. The van der Waals surface area contributed by atoms with Gasteiger partial charge in [0.1, 0.15) is 5.82 Å². The normalized spacial score (nSPS) is 23.6. The molecule has 0 bridgehead atoms. The Labute approximate surface area is 120 Å². The van der Waals surface area contributed by atoms with E-state index in [1.807, 2.05) is 18.0 Å². The van der Waals surface area contributed by atoms with Crippen LogP contribution in [-0.2, 0) is 5.75 Å². The second-order valence-electron chi connectivity index (χ2n) is 5.49. The van der Waals surface area contributed by atoms with Crippen molar-refractivity contribution < 1.29 is 5.11 Å². The van der Waals surface area contributed by atoms with Crippen LogP contribution in [-0.4, -0.2) is 36.0 Å². The highest BCUT2D eigenvalue weighted by Crippen LogP contribution is 2.34. The molecule has 0 saturated carbocycles. The zero-order chi connectivity index (χ0) is 13.7. The summed E-state index contributed by atoms with van der Waals surface area (Å²) < 4.78 is 0. The quantitative estimate of drug-likeness (QED) is 0.899. The van der Waals surface area contributed by atoms with E-state index in [9.17, 15) is 5.11 Å². The topological polar surface area (TPSA) is 36.4 Å². The van der Waals surface area contributed by atoms with Crippen LogP contribution in [0.1, 0.15) is 31.7 Å². The van der Waals surface area contributed by atoms with Crippen LogP contribution < -0.4 is 4.90 Å². The average molecular weight is 280 g/mol. The molecule has 106 valence electrons. The van der Waals surface area contributed by atoms with Crippen LogP contribution in [0.4, 0.5) is 5.82 Å². The van der Waals surface area contributed by atoms with Gasteiger partial charge in [-0.3, -0.25) is 0 Å². The van der Waals surface area contributed by atoms with Crippen molar-refractivity contribution in [3.63, 3.8) is 0 Å². The summed E-state index contributed by atoms with van der Waals surface area (Å²) in [4.78, 5) is 6.91. The van der Waals surface area contributed by atoms with Gasteiger partial charge in [-0.2, -0.15) is 11.8 Å². The summed E-state index contributed by atoms with van der Waals surface area (Å²) in [6.45, 7) is 4.44. The number of anilines is 1. The predicted molar refractivity (Wildman–Crippen MR) is 82.7 cm³/mol. The molecule has 1 aromatic heterocycles. The van der Waals surface area contributed by atoms with Crippen LogP contribution in [0.15, 0.2) is 18.3 Å². The maximum Gasteiger partial charge on any atom is 0.128 e. The minimum absolute atomic E-state index is 0.0673. The van der Waals surface area contributed by atoms with E-state index in [2.05, 4.69) is 35.2 Å². The molecule has 3 nitrogen and oxygen atoms in total. The van der Waals surface area contributed by atoms with Gasteiger partial charge >= 0.3 is 0 Å². The lowest BCUT2D eigenvalue weighted by Crippen LogP contribution is -2.45. The fraction of sp³-hybridized carbons (Fsp3) is 0.667. The Hall–Kier alpha value is -0.740. The Kier molecular flexibility index (Phi) is 5.11. The van der Waals surface area contributed by atoms with E-state index in [0.29, 0.717) is 0 Å². The van der Waals surface area contributed by atoms with E-state index in [4.69, 9.17) is 0 Å². The molecule has 1 aliphatic heterocycles. The summed E-state index contributed by atoms with van der Waals surface area (Å²) in [7, 11) is 0. The lowest BCUT2D eigenvalue weighted by molar-refractivity contribution is 0.101. The van der Waals surface area contributed by atoms with Crippen LogP contribution >= 0.6 is 11.8 Å². The molecule has 1 fully saturated rings. The standard InChI is InChI=1S/C15H24N2OS/c1-3-15(12-18)7-4-8-17(11-15)14-6-5-13(9-16-14)10-19-2/h5-6,9,18H,3-4,7-8,10-12H2,1-2H3. The van der Waals surface area contributed by atoms with Gasteiger partial charge in [0.05, 0.1) is 6.61 Å². The van der Waals surface area contributed by atoms with Gasteiger partial charge in [-0.05, 0) is 37.1 Å². The van der Waals surface area contributed by atoms with Crippen LogP contribution in [0, 0.1) is 5.41 Å². The van der Waals surface area contributed by atoms with Gasteiger partial charge in [0.25, 0.3) is 0 Å². The molecule has 2 heterocycles. The van der Waals surface area contributed by atoms with E-state index < -0.39 is 0 Å². The maximum absolute atomic E-state index is 9.67. The van der Waals surface area contributed by atoms with E-state index in [-0.39, 0.29) is 12.0 Å². The molecule has 0 radical (unpaired) electrons. The number of nitrogens with zero attached hydrogens (tertiary/aromatic N) is 2. The molecule has 0 spiro atoms. The van der Waals surface area contributed by atoms with Gasteiger partial charge in [0, 0.05) is 30.5 Å². The number of aliphatic hydroxyl groups is 1. The number of hydrogen-bond donors (Lipinski definition) is 1. The third-order valence-corrected chi connectivity index (χ3v) is 4.81. The van der Waals surface area contributed by atoms with Gasteiger partial charge in [-0.15, -0.1) is 0 Å². The second-order valence-corrected chi connectivity index (χ2v) is 6.36. The first-order valence-corrected chi connectivity index (χ1v) is 8.42. The molecule has 1 atom stereocenters. The zero-order valence-electron chi connectivity index (χ0n) is 11.9. The molecule has 1 N–H and O–H groups in total. The van der Waals surface area contributed by atoms with Crippen LogP contribution in [0.5, 0.6) is 0 Å². The molecule has 0 aliphatic carbocycles. The SMILES string of the molecule is CCC1(CO)CCCN(c2ccc(CSC)cn2)C1. The van der Waals surface area contributed by atoms with Gasteiger partial charge in [-0.25, -0.2) is 4.98 Å². The van der Waals surface area contributed by atoms with Crippen molar-refractivity contribution in [1.29, 1.82) is 0 Å². The van der Waals surface area contributed by atoms with Crippen molar-refractivity contribution in [1.82, 2.24) is 4.98 Å². The minimum Gasteiger partial charge on any atom is -0.396 e. The average Bonchev–Trinajstić information content (AvgIpc) is 2.48. The van der Waals surface area contributed by atoms with Crippen molar-refractivity contribution in [2.75, 3.05) is 30.9 Å². The third kappa shape index (κ3) is 3.42. The first kappa shape index (κ1) is 14.7. The molecule has 0 aromatic carbocycles. The van der Waals surface area contributed by atoms with Crippen LogP contribution in [0.25, 0.3) is 0 Å². The Bertz CT molecular complexity index is 390. The number of thioether (sulfide) groups is 1. The summed E-state index contributed by atoms with van der Waals surface area (Å²) in [5.74, 6) is 2.07. The minimum atomic E-state index is 0.0673. The molecular weight excluding hydrogens is 256 g/mol. The number of piperidine rings is 1. The Morgan fingerprint density at radius 3 is 2.89 bits per heavy atom. The van der Waals surface area contributed by atoms with E-state index in [0.717, 1.165) is 43.9 Å². The Morgan fingerprint density at radius 2 is 2.32 bits per heavy atom. The lowest BCUT2D eigenvalue weighted by Gasteiger charge is -2.42. The summed E-state index contributed by atoms with van der Waals surface area (Å²) in [5, 5.41) is 9.67. The van der Waals surface area contributed by atoms with Crippen LogP contribution in [0.2, 0.25) is 0 Å². The summed E-state index contributed by atoms with van der Waals surface area (Å²) >= 11 is 1.82. The van der Waals surface area contributed by atoms with Crippen molar-refractivity contribution in [3.8, 4) is 0 Å². The predicted octanol–water partition coefficient (Wildman–Crippen LogP) is 2.93. The van der Waals surface area contributed by atoms with Crippen LogP contribution in [0.3, 0.4) is 0 Å². The number of pyridine rings is 1. The Balaban J connectivity index is 2.08. The van der Waals surface area contributed by atoms with Gasteiger partial charge in [0.15, 0.2) is 0 Å². The smallest absolute Gasteiger partial charge is 0.128 e. The fourth-order valence-corrected chi connectivity index (χ4v) is 3.29. The molecule has 1 unspecified atom stereocenters. The van der Waals surface area contributed by atoms with Crippen molar-refractivity contribution in [3.05, 3.63) is 23.9 Å². The maximum atomic E-state index is 9.67. The number of rotatable bonds is 5. The number of aliphatic hydroxyl groups excluding tert-OH is 1. The number of aromatic nitrogens is 1. The number of hydrogen-bond acceptors (Lipinski definition) is 4. The molecule has 1 aromatic rings. The van der Waals surface area contributed by atoms with E-state index in [1.165, 1.54) is 5.56 Å². The second kappa shape index (κ2) is 6.62. The van der Waals surface area contributed by atoms with E-state index in [1.54, 1.807) is 0 Å². The molecular formula is C15H24N2OS. The van der Waals surface area contributed by atoms with Crippen molar-refractivity contribution in [2.24, 2.45) is 5.41 Å². The first-order valence-electron chi connectivity index (χ1n) is 7.03. The highest BCUT2D eigenvalue weighted by molar-refractivity contribution is 7.97. The van der Waals surface area contributed by atoms with Crippen molar-refractivity contribution in [2.45, 2.75) is 31.9 Å². The molecule has 2 rings (SSSR count). The highest BCUT2D eigenvalue weighted by atomic mass is 32.2. The summed E-state index contributed by atoms with van der Waals surface area (Å²) in [5.41, 5.74) is 1.34. The van der Waals surface area contributed by atoms with Crippen molar-refractivity contribution >= 4 is 17.6 Å². The molecule has 1 aliphatic rings. The first-order chi connectivity index (χ1) is 9.23. The summed E-state index contributed by atoms with van der Waals surface area (Å²) in [6, 6.07) is 4.29. The molecule has 0 amide bonds. The highest BCUT2D eigenvalue weighted by Gasteiger charge is 2.33. The lowest BCUT2D eigenvalue weighted by atomic mass is 9.78. The van der Waals surface area contributed by atoms with Gasteiger partial charge in [0.2, 0.25) is 0 Å². The van der Waals surface area contributed by atoms with Gasteiger partial charge < -0.3 is 10.0 Å². The Morgan fingerprint density at radius 1 is 1.47 bits per heavy atom. The zero-order valence-corrected chi connectivity index (χ0v) is 12.7. The monoisotopic (exact) mass is 280 g/mol.